The lowest BCUT2D eigenvalue weighted by atomic mass is 9.87. The number of rotatable bonds is 1. The Morgan fingerprint density at radius 2 is 2.10 bits per heavy atom. The lowest BCUT2D eigenvalue weighted by molar-refractivity contribution is -0.124. The number of carbonyl (C=O) groups is 1. The first-order valence-corrected chi connectivity index (χ1v) is 8.11. The first kappa shape index (κ1) is 13.1. The van der Waals surface area contributed by atoms with Crippen LogP contribution in [0.2, 0.25) is 0 Å². The molecule has 0 saturated carbocycles. The van der Waals surface area contributed by atoms with E-state index >= 15 is 0 Å². The van der Waals surface area contributed by atoms with E-state index in [1.54, 1.807) is 24.3 Å². The second-order valence-electron chi connectivity index (χ2n) is 4.87. The molecule has 1 unspecified atom stereocenters. The Morgan fingerprint density at radius 3 is 2.85 bits per heavy atom. The van der Waals surface area contributed by atoms with Crippen LogP contribution in [0.1, 0.15) is 18.9 Å². The van der Waals surface area contributed by atoms with Gasteiger partial charge < -0.3 is 5.32 Å². The van der Waals surface area contributed by atoms with Crippen molar-refractivity contribution in [1.82, 2.24) is 10.6 Å². The van der Waals surface area contributed by atoms with Crippen LogP contribution in [0.25, 0.3) is 0 Å². The van der Waals surface area contributed by atoms with Gasteiger partial charge in [-0.1, -0.05) is 18.2 Å². The molecule has 1 saturated heterocycles. The molecule has 0 bridgehead atoms. The molecule has 0 aromatic heterocycles. The predicted octanol–water partition coefficient (Wildman–Crippen LogP) is 0.155. The number of amides is 1. The van der Waals surface area contributed by atoms with Gasteiger partial charge in [-0.3, -0.25) is 15.1 Å². The maximum absolute atomic E-state index is 12.4. The van der Waals surface area contributed by atoms with Crippen molar-refractivity contribution < 1.29 is 13.2 Å². The van der Waals surface area contributed by atoms with E-state index in [1.165, 1.54) is 0 Å². The quantitative estimate of drug-likeness (QED) is 0.772. The number of nitrogens with zero attached hydrogens (tertiary/aromatic N) is 1. The fourth-order valence-corrected chi connectivity index (χ4v) is 4.39. The second kappa shape index (κ2) is 4.31. The molecule has 1 fully saturated rings. The van der Waals surface area contributed by atoms with Gasteiger partial charge >= 0.3 is 0 Å². The maximum atomic E-state index is 12.4. The molecule has 2 heterocycles. The van der Waals surface area contributed by atoms with Crippen molar-refractivity contribution in [2.45, 2.75) is 23.8 Å². The van der Waals surface area contributed by atoms with E-state index in [4.69, 9.17) is 0 Å². The highest BCUT2D eigenvalue weighted by Gasteiger charge is 2.51. The van der Waals surface area contributed by atoms with Crippen molar-refractivity contribution in [3.05, 3.63) is 29.8 Å². The van der Waals surface area contributed by atoms with E-state index < -0.39 is 15.4 Å². The molecule has 3 rings (SSSR count). The van der Waals surface area contributed by atoms with Gasteiger partial charge in [0.1, 0.15) is 5.54 Å². The third-order valence-electron chi connectivity index (χ3n) is 3.70. The third kappa shape index (κ3) is 1.73. The van der Waals surface area contributed by atoms with Crippen molar-refractivity contribution >= 4 is 21.7 Å². The summed E-state index contributed by atoms with van der Waals surface area (Å²) in [5, 5.41) is 5.76. The summed E-state index contributed by atoms with van der Waals surface area (Å²) in [5.74, 6) is 0.114. The van der Waals surface area contributed by atoms with Crippen LogP contribution in [0.5, 0.6) is 0 Å². The summed E-state index contributed by atoms with van der Waals surface area (Å²) < 4.78 is 24.3. The summed E-state index contributed by atoms with van der Waals surface area (Å²) in [6.07, 6.45) is 0.209. The third-order valence-corrected chi connectivity index (χ3v) is 5.46. The molecule has 1 aromatic carbocycles. The highest BCUT2D eigenvalue weighted by molar-refractivity contribution is 7.91. The predicted molar refractivity (Wildman–Crippen MR) is 74.0 cm³/mol. The Balaban J connectivity index is 2.18. The van der Waals surface area contributed by atoms with Gasteiger partial charge in [-0.2, -0.15) is 0 Å². The summed E-state index contributed by atoms with van der Waals surface area (Å²) in [6.45, 7) is 2.41. The zero-order chi connectivity index (χ0) is 14.4. The molecule has 1 spiro atoms. The van der Waals surface area contributed by atoms with Crippen molar-refractivity contribution in [3.63, 3.8) is 0 Å². The summed E-state index contributed by atoms with van der Waals surface area (Å²) in [7, 11) is -3.32. The Kier molecular flexibility index (Phi) is 2.82. The molecule has 1 aromatic rings. The maximum Gasteiger partial charge on any atom is 0.257 e. The van der Waals surface area contributed by atoms with Crippen LogP contribution in [-0.4, -0.2) is 32.6 Å². The van der Waals surface area contributed by atoms with Crippen molar-refractivity contribution in [2.24, 2.45) is 4.99 Å². The van der Waals surface area contributed by atoms with Gasteiger partial charge in [0.25, 0.3) is 5.91 Å². The van der Waals surface area contributed by atoms with E-state index in [-0.39, 0.29) is 23.0 Å². The van der Waals surface area contributed by atoms with Crippen molar-refractivity contribution in [2.75, 3.05) is 12.3 Å². The Hall–Kier alpha value is -1.89. The number of guanidine groups is 1. The van der Waals surface area contributed by atoms with Crippen LogP contribution in [0.4, 0.5) is 0 Å². The van der Waals surface area contributed by atoms with Crippen LogP contribution in [-0.2, 0) is 20.2 Å². The number of carbonyl (C=O) groups excluding carboxylic acids is 1. The van der Waals surface area contributed by atoms with E-state index in [0.717, 1.165) is 0 Å². The number of aliphatic imine (C=N–C) groups is 1. The summed E-state index contributed by atoms with van der Waals surface area (Å²) in [5.41, 5.74) is -0.513. The van der Waals surface area contributed by atoms with Crippen LogP contribution in [0, 0.1) is 0 Å². The van der Waals surface area contributed by atoms with Crippen molar-refractivity contribution in [1.29, 1.82) is 0 Å². The SMILES string of the molecule is CCN=C1NC(=O)C2(CCS(=O)(=O)c3ccccc32)N1. The minimum atomic E-state index is -3.32. The largest absolute Gasteiger partial charge is 0.338 e. The molecule has 6 nitrogen and oxygen atoms in total. The zero-order valence-corrected chi connectivity index (χ0v) is 11.8. The Bertz CT molecular complexity index is 711. The molecule has 2 aliphatic heterocycles. The molecule has 0 aliphatic carbocycles. The van der Waals surface area contributed by atoms with Crippen LogP contribution < -0.4 is 10.6 Å². The second-order valence-corrected chi connectivity index (χ2v) is 6.95. The average molecular weight is 293 g/mol. The first-order valence-electron chi connectivity index (χ1n) is 6.46. The molecule has 7 heteroatoms. The van der Waals surface area contributed by atoms with Gasteiger partial charge in [0.15, 0.2) is 15.8 Å². The standard InChI is InChI=1S/C13H15N3O3S/c1-2-14-12-15-11(17)13(16-12)7-8-20(18,19)10-6-4-3-5-9(10)13/h3-6H,2,7-8H2,1H3,(H2,14,15,16,17). The fourth-order valence-electron chi connectivity index (χ4n) is 2.73. The normalized spacial score (nSPS) is 29.1. The van der Waals surface area contributed by atoms with Gasteiger partial charge in [0, 0.05) is 12.1 Å². The van der Waals surface area contributed by atoms with Gasteiger partial charge in [-0.25, -0.2) is 8.42 Å². The van der Waals surface area contributed by atoms with E-state index in [1.807, 2.05) is 6.92 Å². The topological polar surface area (TPSA) is 87.6 Å². The monoisotopic (exact) mass is 293 g/mol. The molecule has 20 heavy (non-hydrogen) atoms. The molecule has 1 atom stereocenters. The minimum absolute atomic E-state index is 0.0517. The van der Waals surface area contributed by atoms with Gasteiger partial charge in [0.05, 0.1) is 10.6 Å². The molecule has 1 amide bonds. The summed E-state index contributed by atoms with van der Waals surface area (Å²) in [6, 6.07) is 6.65. The van der Waals surface area contributed by atoms with Crippen LogP contribution in [0.3, 0.4) is 0 Å². The number of benzene rings is 1. The van der Waals surface area contributed by atoms with E-state index in [2.05, 4.69) is 15.6 Å². The minimum Gasteiger partial charge on any atom is -0.338 e. The zero-order valence-electron chi connectivity index (χ0n) is 11.0. The molecular weight excluding hydrogens is 278 g/mol. The van der Waals surface area contributed by atoms with Gasteiger partial charge in [-0.05, 0) is 19.4 Å². The first-order chi connectivity index (χ1) is 9.49. The summed E-state index contributed by atoms with van der Waals surface area (Å²) in [4.78, 5) is 16.7. The smallest absolute Gasteiger partial charge is 0.257 e. The molecule has 2 N–H and O–H groups in total. The number of hydrogen-bond acceptors (Lipinski definition) is 4. The summed E-state index contributed by atoms with van der Waals surface area (Å²) >= 11 is 0. The Labute approximate surface area is 117 Å². The van der Waals surface area contributed by atoms with E-state index in [0.29, 0.717) is 18.1 Å². The lowest BCUT2D eigenvalue weighted by Gasteiger charge is -2.32. The number of nitrogens with one attached hydrogen (secondary N) is 2. The highest BCUT2D eigenvalue weighted by Crippen LogP contribution is 2.38. The van der Waals surface area contributed by atoms with Gasteiger partial charge in [-0.15, -0.1) is 0 Å². The molecule has 0 radical (unpaired) electrons. The van der Waals surface area contributed by atoms with Crippen LogP contribution >= 0.6 is 0 Å². The Morgan fingerprint density at radius 1 is 1.35 bits per heavy atom. The average Bonchev–Trinajstić information content (AvgIpc) is 2.73. The van der Waals surface area contributed by atoms with Crippen molar-refractivity contribution in [3.8, 4) is 0 Å². The molecule has 2 aliphatic rings. The number of fused-ring (bicyclic) bond motifs is 2. The molecule has 106 valence electrons. The highest BCUT2D eigenvalue weighted by atomic mass is 32.2. The molecular formula is C13H15N3O3S. The lowest BCUT2D eigenvalue weighted by Crippen LogP contribution is -2.48. The number of sulfone groups is 1. The number of hydrogen-bond donors (Lipinski definition) is 2. The van der Waals surface area contributed by atoms with Gasteiger partial charge in [0.2, 0.25) is 0 Å². The fraction of sp³-hybridized carbons (Fsp3) is 0.385. The van der Waals surface area contributed by atoms with E-state index in [9.17, 15) is 13.2 Å². The van der Waals surface area contributed by atoms with Crippen LogP contribution in [0.15, 0.2) is 34.2 Å².